The molecule has 1 heterocycles. The van der Waals surface area contributed by atoms with Crippen molar-refractivity contribution >= 4 is 5.97 Å². The first-order valence-electron chi connectivity index (χ1n) is 8.69. The summed E-state index contributed by atoms with van der Waals surface area (Å²) in [5, 5.41) is 0. The van der Waals surface area contributed by atoms with Gasteiger partial charge in [-0.05, 0) is 51.1 Å². The van der Waals surface area contributed by atoms with Gasteiger partial charge in [-0.15, -0.1) is 0 Å². The lowest BCUT2D eigenvalue weighted by Gasteiger charge is -2.47. The lowest BCUT2D eigenvalue weighted by Crippen LogP contribution is -2.54. The number of benzene rings is 1. The van der Waals surface area contributed by atoms with Crippen molar-refractivity contribution in [3.8, 4) is 0 Å². The highest BCUT2D eigenvalue weighted by Gasteiger charge is 2.45. The Kier molecular flexibility index (Phi) is 4.82. The van der Waals surface area contributed by atoms with E-state index in [-0.39, 0.29) is 11.4 Å². The SMILES string of the molecule is CCOC(=O)C1(Cc2ccccc2)CCCN(C2CCC2)C1. The van der Waals surface area contributed by atoms with E-state index >= 15 is 0 Å². The molecule has 0 spiro atoms. The first-order valence-corrected chi connectivity index (χ1v) is 8.69. The first kappa shape index (κ1) is 15.5. The second kappa shape index (κ2) is 6.82. The highest BCUT2D eigenvalue weighted by Crippen LogP contribution is 2.38. The molecule has 0 amide bonds. The number of hydrogen-bond donors (Lipinski definition) is 0. The van der Waals surface area contributed by atoms with Crippen LogP contribution in [0.3, 0.4) is 0 Å². The molecule has 1 aliphatic heterocycles. The Morgan fingerprint density at radius 2 is 2.05 bits per heavy atom. The predicted molar refractivity (Wildman–Crippen MR) is 87.7 cm³/mol. The van der Waals surface area contributed by atoms with Crippen LogP contribution in [0.5, 0.6) is 0 Å². The summed E-state index contributed by atoms with van der Waals surface area (Å²) in [7, 11) is 0. The number of hydrogen-bond acceptors (Lipinski definition) is 3. The minimum absolute atomic E-state index is 0.00266. The summed E-state index contributed by atoms with van der Waals surface area (Å²) in [6.45, 7) is 4.38. The van der Waals surface area contributed by atoms with Crippen LogP contribution in [-0.2, 0) is 16.0 Å². The third-order valence-electron chi connectivity index (χ3n) is 5.29. The van der Waals surface area contributed by atoms with Gasteiger partial charge in [0.1, 0.15) is 0 Å². The quantitative estimate of drug-likeness (QED) is 0.780. The summed E-state index contributed by atoms with van der Waals surface area (Å²) >= 11 is 0. The van der Waals surface area contributed by atoms with Gasteiger partial charge in [-0.2, -0.15) is 0 Å². The average Bonchev–Trinajstić information content (AvgIpc) is 2.47. The van der Waals surface area contributed by atoms with Gasteiger partial charge in [0, 0.05) is 12.6 Å². The molecule has 0 aromatic heterocycles. The molecule has 3 nitrogen and oxygen atoms in total. The Morgan fingerprint density at radius 1 is 1.27 bits per heavy atom. The molecule has 1 atom stereocenters. The van der Waals surface area contributed by atoms with Gasteiger partial charge in [0.05, 0.1) is 12.0 Å². The highest BCUT2D eigenvalue weighted by molar-refractivity contribution is 5.77. The third kappa shape index (κ3) is 3.19. The molecular weight excluding hydrogens is 274 g/mol. The first-order chi connectivity index (χ1) is 10.7. The van der Waals surface area contributed by atoms with E-state index in [9.17, 15) is 4.79 Å². The van der Waals surface area contributed by atoms with Crippen LogP contribution in [0, 0.1) is 5.41 Å². The van der Waals surface area contributed by atoms with Gasteiger partial charge in [-0.3, -0.25) is 9.69 Å². The van der Waals surface area contributed by atoms with E-state index < -0.39 is 0 Å². The maximum atomic E-state index is 12.8. The van der Waals surface area contributed by atoms with Crippen molar-refractivity contribution in [2.24, 2.45) is 5.41 Å². The van der Waals surface area contributed by atoms with Crippen LogP contribution in [0.1, 0.15) is 44.6 Å². The average molecular weight is 301 g/mol. The third-order valence-corrected chi connectivity index (χ3v) is 5.29. The van der Waals surface area contributed by atoms with E-state index in [0.29, 0.717) is 12.6 Å². The van der Waals surface area contributed by atoms with Crippen LogP contribution < -0.4 is 0 Å². The summed E-state index contributed by atoms with van der Waals surface area (Å²) in [4.78, 5) is 15.3. The number of likely N-dealkylation sites (tertiary alicyclic amines) is 1. The Balaban J connectivity index is 1.80. The van der Waals surface area contributed by atoms with Crippen molar-refractivity contribution in [1.82, 2.24) is 4.90 Å². The number of rotatable bonds is 5. The summed E-state index contributed by atoms with van der Waals surface area (Å²) in [6.07, 6.45) is 6.78. The maximum Gasteiger partial charge on any atom is 0.313 e. The molecule has 120 valence electrons. The van der Waals surface area contributed by atoms with E-state index in [1.54, 1.807) is 0 Å². The highest BCUT2D eigenvalue weighted by atomic mass is 16.5. The fourth-order valence-electron chi connectivity index (χ4n) is 3.88. The van der Waals surface area contributed by atoms with Crippen molar-refractivity contribution in [2.45, 2.75) is 51.5 Å². The number of ether oxygens (including phenoxy) is 1. The van der Waals surface area contributed by atoms with E-state index in [4.69, 9.17) is 4.74 Å². The van der Waals surface area contributed by atoms with E-state index in [1.807, 2.05) is 13.0 Å². The lowest BCUT2D eigenvalue weighted by atomic mass is 9.73. The molecule has 2 aliphatic rings. The molecule has 0 radical (unpaired) electrons. The molecular formula is C19H27NO2. The molecule has 1 saturated heterocycles. The number of carbonyl (C=O) groups excluding carboxylic acids is 1. The zero-order valence-corrected chi connectivity index (χ0v) is 13.6. The summed E-state index contributed by atoms with van der Waals surface area (Å²) in [6, 6.07) is 11.1. The molecule has 3 heteroatoms. The zero-order valence-electron chi connectivity index (χ0n) is 13.6. The smallest absolute Gasteiger partial charge is 0.313 e. The van der Waals surface area contributed by atoms with Crippen molar-refractivity contribution in [2.75, 3.05) is 19.7 Å². The van der Waals surface area contributed by atoms with Crippen LogP contribution in [0.25, 0.3) is 0 Å². The molecule has 1 saturated carbocycles. The maximum absolute atomic E-state index is 12.8. The predicted octanol–water partition coefficient (Wildman–Crippen LogP) is 3.43. The van der Waals surface area contributed by atoms with Crippen molar-refractivity contribution in [3.05, 3.63) is 35.9 Å². The molecule has 22 heavy (non-hydrogen) atoms. The van der Waals surface area contributed by atoms with E-state index in [1.165, 1.54) is 24.8 Å². The molecule has 0 N–H and O–H groups in total. The van der Waals surface area contributed by atoms with Gasteiger partial charge < -0.3 is 4.74 Å². The fourth-order valence-corrected chi connectivity index (χ4v) is 3.88. The van der Waals surface area contributed by atoms with Crippen molar-refractivity contribution in [1.29, 1.82) is 0 Å². The summed E-state index contributed by atoms with van der Waals surface area (Å²) in [5.74, 6) is 0.00266. The normalized spacial score (nSPS) is 26.4. The number of piperidine rings is 1. The van der Waals surface area contributed by atoms with Gasteiger partial charge in [0.15, 0.2) is 0 Å². The standard InChI is InChI=1S/C19H27NO2/c1-2-22-18(21)19(14-16-8-4-3-5-9-16)12-7-13-20(15-19)17-10-6-11-17/h3-5,8-9,17H,2,6-7,10-15H2,1H3. The molecule has 1 unspecified atom stereocenters. The van der Waals surface area contributed by atoms with E-state index in [0.717, 1.165) is 32.4 Å². The van der Waals surface area contributed by atoms with Gasteiger partial charge in [-0.25, -0.2) is 0 Å². The molecule has 1 aromatic carbocycles. The minimum atomic E-state index is -0.356. The largest absolute Gasteiger partial charge is 0.466 e. The van der Waals surface area contributed by atoms with Gasteiger partial charge in [0.25, 0.3) is 0 Å². The fraction of sp³-hybridized carbons (Fsp3) is 0.632. The number of esters is 1. The summed E-state index contributed by atoms with van der Waals surface area (Å²) < 4.78 is 5.47. The van der Waals surface area contributed by atoms with Crippen molar-refractivity contribution in [3.63, 3.8) is 0 Å². The molecule has 3 rings (SSSR count). The van der Waals surface area contributed by atoms with E-state index in [2.05, 4.69) is 29.2 Å². The second-order valence-electron chi connectivity index (χ2n) is 6.82. The summed E-state index contributed by atoms with van der Waals surface area (Å²) in [5.41, 5.74) is 0.886. The topological polar surface area (TPSA) is 29.5 Å². The zero-order chi connectivity index (χ0) is 15.4. The Bertz CT molecular complexity index is 497. The van der Waals surface area contributed by atoms with Crippen LogP contribution >= 0.6 is 0 Å². The number of nitrogens with zero attached hydrogens (tertiary/aromatic N) is 1. The Labute approximate surface area is 133 Å². The number of carbonyl (C=O) groups is 1. The van der Waals surface area contributed by atoms with Gasteiger partial charge in [0.2, 0.25) is 0 Å². The van der Waals surface area contributed by atoms with Crippen LogP contribution in [-0.4, -0.2) is 36.6 Å². The van der Waals surface area contributed by atoms with Gasteiger partial charge in [-0.1, -0.05) is 36.8 Å². The van der Waals surface area contributed by atoms with Crippen molar-refractivity contribution < 1.29 is 9.53 Å². The van der Waals surface area contributed by atoms with Gasteiger partial charge >= 0.3 is 5.97 Å². The monoisotopic (exact) mass is 301 g/mol. The molecule has 1 aliphatic carbocycles. The minimum Gasteiger partial charge on any atom is -0.466 e. The Morgan fingerprint density at radius 3 is 2.68 bits per heavy atom. The lowest BCUT2D eigenvalue weighted by molar-refractivity contribution is -0.160. The van der Waals surface area contributed by atoms with Crippen LogP contribution in [0.15, 0.2) is 30.3 Å². The second-order valence-corrected chi connectivity index (χ2v) is 6.82. The van der Waals surface area contributed by atoms with Crippen LogP contribution in [0.2, 0.25) is 0 Å². The van der Waals surface area contributed by atoms with Crippen LogP contribution in [0.4, 0.5) is 0 Å². The Hall–Kier alpha value is -1.35. The molecule has 0 bridgehead atoms. The molecule has 2 fully saturated rings. The molecule has 1 aromatic rings.